The predicted octanol–water partition coefficient (Wildman–Crippen LogP) is 3.09. The molecule has 106 valence electrons. The Morgan fingerprint density at radius 2 is 2.00 bits per heavy atom. The van der Waals surface area contributed by atoms with Crippen LogP contribution in [0.3, 0.4) is 0 Å². The lowest BCUT2D eigenvalue weighted by atomic mass is 10.2. The molecule has 3 N–H and O–H groups in total. The average Bonchev–Trinajstić information content (AvgIpc) is 2.44. The minimum atomic E-state index is 0.168. The van der Waals surface area contributed by atoms with Gasteiger partial charge in [0, 0.05) is 29.4 Å². The fourth-order valence-electron chi connectivity index (χ4n) is 1.69. The van der Waals surface area contributed by atoms with E-state index < -0.39 is 0 Å². The van der Waals surface area contributed by atoms with E-state index >= 15 is 0 Å². The Balaban J connectivity index is 2.05. The standard InChI is InChI=1S/C14H17BrN4O/c1-10-7-11(3-4-12(10)15)19-14-8-13(17-9-18-14)16-5-2-6-20/h3-4,7-9,20H,2,5-6H2,1H3,(H2,16,17,18,19). The molecule has 6 heteroatoms. The van der Waals surface area contributed by atoms with Crippen molar-refractivity contribution in [1.29, 1.82) is 0 Å². The first-order valence-corrected chi connectivity index (χ1v) is 7.18. The monoisotopic (exact) mass is 336 g/mol. The third kappa shape index (κ3) is 4.18. The number of aromatic nitrogens is 2. The van der Waals surface area contributed by atoms with Crippen molar-refractivity contribution >= 4 is 33.3 Å². The Bertz CT molecular complexity index is 577. The highest BCUT2D eigenvalue weighted by Crippen LogP contribution is 2.22. The number of anilines is 3. The summed E-state index contributed by atoms with van der Waals surface area (Å²) in [5.74, 6) is 1.47. The van der Waals surface area contributed by atoms with Gasteiger partial charge in [0.05, 0.1) is 0 Å². The van der Waals surface area contributed by atoms with Crippen LogP contribution < -0.4 is 10.6 Å². The van der Waals surface area contributed by atoms with Crippen LogP contribution in [0.4, 0.5) is 17.3 Å². The number of nitrogens with zero attached hydrogens (tertiary/aromatic N) is 2. The second-order valence-corrected chi connectivity index (χ2v) is 5.24. The van der Waals surface area contributed by atoms with E-state index in [-0.39, 0.29) is 6.61 Å². The van der Waals surface area contributed by atoms with Crippen molar-refractivity contribution in [2.75, 3.05) is 23.8 Å². The molecule has 2 aromatic rings. The van der Waals surface area contributed by atoms with Gasteiger partial charge < -0.3 is 15.7 Å². The van der Waals surface area contributed by atoms with E-state index in [2.05, 4.69) is 36.5 Å². The number of hydrogen-bond donors (Lipinski definition) is 3. The molecule has 0 aliphatic rings. The fourth-order valence-corrected chi connectivity index (χ4v) is 1.93. The van der Waals surface area contributed by atoms with Crippen LogP contribution in [-0.4, -0.2) is 28.2 Å². The molecule has 0 bridgehead atoms. The van der Waals surface area contributed by atoms with E-state index in [0.717, 1.165) is 27.4 Å². The van der Waals surface area contributed by atoms with Crippen LogP contribution in [0.15, 0.2) is 35.1 Å². The summed E-state index contributed by atoms with van der Waals surface area (Å²) < 4.78 is 1.08. The maximum absolute atomic E-state index is 8.75. The Hall–Kier alpha value is -1.66. The van der Waals surface area contributed by atoms with Crippen LogP contribution in [0.2, 0.25) is 0 Å². The van der Waals surface area contributed by atoms with E-state index in [1.54, 1.807) is 0 Å². The molecule has 0 aliphatic heterocycles. The average molecular weight is 337 g/mol. The molecule has 1 aromatic carbocycles. The maximum Gasteiger partial charge on any atom is 0.135 e. The molecule has 0 saturated carbocycles. The third-order valence-electron chi connectivity index (χ3n) is 2.74. The quantitative estimate of drug-likeness (QED) is 0.707. The number of aliphatic hydroxyl groups excluding tert-OH is 1. The van der Waals surface area contributed by atoms with Gasteiger partial charge in [0.25, 0.3) is 0 Å². The smallest absolute Gasteiger partial charge is 0.135 e. The molecule has 2 rings (SSSR count). The number of benzene rings is 1. The molecule has 1 heterocycles. The van der Waals surface area contributed by atoms with Gasteiger partial charge in [0.15, 0.2) is 0 Å². The van der Waals surface area contributed by atoms with Crippen LogP contribution in [0, 0.1) is 6.92 Å². The highest BCUT2D eigenvalue weighted by Gasteiger charge is 2.01. The van der Waals surface area contributed by atoms with E-state index in [9.17, 15) is 0 Å². The summed E-state index contributed by atoms with van der Waals surface area (Å²) in [6.45, 7) is 2.89. The zero-order chi connectivity index (χ0) is 14.4. The summed E-state index contributed by atoms with van der Waals surface area (Å²) in [4.78, 5) is 8.32. The highest BCUT2D eigenvalue weighted by molar-refractivity contribution is 9.10. The van der Waals surface area contributed by atoms with Crippen molar-refractivity contribution in [3.8, 4) is 0 Å². The highest BCUT2D eigenvalue weighted by atomic mass is 79.9. The summed E-state index contributed by atoms with van der Waals surface area (Å²) in [5, 5.41) is 15.1. The topological polar surface area (TPSA) is 70.1 Å². The van der Waals surface area contributed by atoms with Gasteiger partial charge in [-0.05, 0) is 37.1 Å². The van der Waals surface area contributed by atoms with Crippen molar-refractivity contribution in [2.24, 2.45) is 0 Å². The first-order valence-electron chi connectivity index (χ1n) is 6.39. The number of rotatable bonds is 6. The lowest BCUT2D eigenvalue weighted by Gasteiger charge is -2.09. The first-order chi connectivity index (χ1) is 9.69. The zero-order valence-electron chi connectivity index (χ0n) is 11.2. The number of aryl methyl sites for hydroxylation is 1. The predicted molar refractivity (Wildman–Crippen MR) is 84.4 cm³/mol. The molecule has 1 aromatic heterocycles. The summed E-state index contributed by atoms with van der Waals surface area (Å²) >= 11 is 3.48. The molecular formula is C14H17BrN4O. The Kier molecular flexibility index (Phi) is 5.31. The van der Waals surface area contributed by atoms with E-state index in [0.29, 0.717) is 13.0 Å². The van der Waals surface area contributed by atoms with Crippen LogP contribution in [-0.2, 0) is 0 Å². The van der Waals surface area contributed by atoms with Gasteiger partial charge >= 0.3 is 0 Å². The number of halogens is 1. The molecule has 20 heavy (non-hydrogen) atoms. The van der Waals surface area contributed by atoms with Crippen molar-refractivity contribution in [3.05, 3.63) is 40.6 Å². The second kappa shape index (κ2) is 7.21. The van der Waals surface area contributed by atoms with Gasteiger partial charge in [0.1, 0.15) is 18.0 Å². The molecule has 5 nitrogen and oxygen atoms in total. The molecule has 0 saturated heterocycles. The van der Waals surface area contributed by atoms with Gasteiger partial charge in [-0.3, -0.25) is 0 Å². The molecule has 0 aliphatic carbocycles. The Morgan fingerprint density at radius 1 is 1.20 bits per heavy atom. The summed E-state index contributed by atoms with van der Waals surface area (Å²) in [6, 6.07) is 7.87. The molecule has 0 fully saturated rings. The lowest BCUT2D eigenvalue weighted by Crippen LogP contribution is -2.06. The summed E-state index contributed by atoms with van der Waals surface area (Å²) in [5.41, 5.74) is 2.14. The van der Waals surface area contributed by atoms with Crippen molar-refractivity contribution < 1.29 is 5.11 Å². The Labute approximate surface area is 126 Å². The number of hydrogen-bond acceptors (Lipinski definition) is 5. The van der Waals surface area contributed by atoms with Crippen LogP contribution in [0.1, 0.15) is 12.0 Å². The normalized spacial score (nSPS) is 10.3. The largest absolute Gasteiger partial charge is 0.396 e. The molecule has 0 unspecified atom stereocenters. The van der Waals surface area contributed by atoms with Crippen LogP contribution in [0.5, 0.6) is 0 Å². The minimum absolute atomic E-state index is 0.168. The van der Waals surface area contributed by atoms with Gasteiger partial charge in [-0.2, -0.15) is 0 Å². The molecule has 0 spiro atoms. The van der Waals surface area contributed by atoms with Crippen LogP contribution >= 0.6 is 15.9 Å². The van der Waals surface area contributed by atoms with Gasteiger partial charge in [0.2, 0.25) is 0 Å². The van der Waals surface area contributed by atoms with Gasteiger partial charge in [-0.1, -0.05) is 15.9 Å². The fraction of sp³-hybridized carbons (Fsp3) is 0.286. The molecule has 0 atom stereocenters. The van der Waals surface area contributed by atoms with Gasteiger partial charge in [-0.15, -0.1) is 0 Å². The third-order valence-corrected chi connectivity index (χ3v) is 3.63. The van der Waals surface area contributed by atoms with E-state index in [1.165, 1.54) is 6.33 Å². The van der Waals surface area contributed by atoms with Crippen molar-refractivity contribution in [3.63, 3.8) is 0 Å². The molecule has 0 radical (unpaired) electrons. The summed E-state index contributed by atoms with van der Waals surface area (Å²) in [7, 11) is 0. The Morgan fingerprint density at radius 3 is 2.75 bits per heavy atom. The summed E-state index contributed by atoms with van der Waals surface area (Å²) in [6.07, 6.45) is 2.20. The van der Waals surface area contributed by atoms with E-state index in [1.807, 2.05) is 31.2 Å². The molecular weight excluding hydrogens is 320 g/mol. The second-order valence-electron chi connectivity index (χ2n) is 4.38. The number of nitrogens with one attached hydrogen (secondary N) is 2. The SMILES string of the molecule is Cc1cc(Nc2cc(NCCCO)ncn2)ccc1Br. The van der Waals surface area contributed by atoms with Gasteiger partial charge in [-0.25, -0.2) is 9.97 Å². The van der Waals surface area contributed by atoms with Crippen molar-refractivity contribution in [1.82, 2.24) is 9.97 Å². The maximum atomic E-state index is 8.75. The van der Waals surface area contributed by atoms with Crippen molar-refractivity contribution in [2.45, 2.75) is 13.3 Å². The molecule has 0 amide bonds. The number of aliphatic hydroxyl groups is 1. The zero-order valence-corrected chi connectivity index (χ0v) is 12.8. The van der Waals surface area contributed by atoms with Crippen LogP contribution in [0.25, 0.3) is 0 Å². The lowest BCUT2D eigenvalue weighted by molar-refractivity contribution is 0.292. The minimum Gasteiger partial charge on any atom is -0.396 e. The van der Waals surface area contributed by atoms with E-state index in [4.69, 9.17) is 5.11 Å². The first kappa shape index (κ1) is 14.7.